The number of unbranched alkanes of at least 4 members (excludes halogenated alkanes) is 53. The second kappa shape index (κ2) is 77.4. The van der Waals surface area contributed by atoms with Gasteiger partial charge in [-0.3, -0.25) is 37.3 Å². The summed E-state index contributed by atoms with van der Waals surface area (Å²) in [5.74, 6) is -0.358. The predicted octanol–water partition coefficient (Wildman–Crippen LogP) is 26.2. The Hall–Kier alpha value is -1.94. The van der Waals surface area contributed by atoms with Gasteiger partial charge in [-0.25, -0.2) is 9.13 Å². The topological polar surface area (TPSA) is 237 Å². The Balaban J connectivity index is 5.18. The maximum absolute atomic E-state index is 13.1. The maximum atomic E-state index is 13.1. The zero-order valence-corrected chi connectivity index (χ0v) is 70.8. The average Bonchev–Trinajstić information content (AvgIpc) is 0.957. The Morgan fingerprint density at radius 2 is 0.457 bits per heavy atom. The van der Waals surface area contributed by atoms with Crippen LogP contribution in [-0.2, 0) is 65.4 Å². The Labute approximate surface area is 645 Å². The maximum Gasteiger partial charge on any atom is 0.472 e. The van der Waals surface area contributed by atoms with Gasteiger partial charge in [0.2, 0.25) is 0 Å². The number of carbonyl (C=O) groups excluding carboxylic acids is 4. The molecule has 0 bridgehead atoms. The summed E-state index contributed by atoms with van der Waals surface area (Å²) in [7, 11) is -9.92. The summed E-state index contributed by atoms with van der Waals surface area (Å²) in [6, 6.07) is 0. The van der Waals surface area contributed by atoms with E-state index in [-0.39, 0.29) is 25.7 Å². The van der Waals surface area contributed by atoms with Crippen molar-refractivity contribution in [3.8, 4) is 0 Å². The van der Waals surface area contributed by atoms with Crippen LogP contribution in [0.1, 0.15) is 459 Å². The average molecular weight is 1540 g/mol. The molecule has 0 aromatic carbocycles. The Bertz CT molecular complexity index is 2010. The van der Waals surface area contributed by atoms with Gasteiger partial charge in [0, 0.05) is 25.7 Å². The Kier molecular flexibility index (Phi) is 76.0. The Morgan fingerprint density at radius 1 is 0.267 bits per heavy atom. The van der Waals surface area contributed by atoms with Gasteiger partial charge in [-0.1, -0.05) is 408 Å². The third kappa shape index (κ3) is 77.2. The molecule has 0 rings (SSSR count). The number of hydrogen-bond acceptors (Lipinski definition) is 15. The molecule has 3 N–H and O–H groups in total. The third-order valence-electron chi connectivity index (χ3n) is 20.9. The van der Waals surface area contributed by atoms with Gasteiger partial charge in [-0.15, -0.1) is 0 Å². The van der Waals surface area contributed by atoms with Crippen molar-refractivity contribution in [2.45, 2.75) is 477 Å². The minimum atomic E-state index is -4.97. The van der Waals surface area contributed by atoms with Crippen molar-refractivity contribution in [3.63, 3.8) is 0 Å². The van der Waals surface area contributed by atoms with Gasteiger partial charge in [0.05, 0.1) is 26.4 Å². The monoisotopic (exact) mass is 1540 g/mol. The van der Waals surface area contributed by atoms with E-state index >= 15 is 0 Å². The number of hydrogen-bond donors (Lipinski definition) is 3. The van der Waals surface area contributed by atoms with Crippen LogP contribution in [0, 0.1) is 11.8 Å². The van der Waals surface area contributed by atoms with E-state index in [2.05, 4.69) is 41.5 Å². The van der Waals surface area contributed by atoms with Crippen molar-refractivity contribution < 1.29 is 80.2 Å². The van der Waals surface area contributed by atoms with E-state index in [1.54, 1.807) is 0 Å². The van der Waals surface area contributed by atoms with E-state index in [0.717, 1.165) is 102 Å². The van der Waals surface area contributed by atoms with E-state index in [0.29, 0.717) is 25.7 Å². The van der Waals surface area contributed by atoms with E-state index in [4.69, 9.17) is 37.0 Å². The fourth-order valence-electron chi connectivity index (χ4n) is 13.4. The second-order valence-electron chi connectivity index (χ2n) is 31.4. The number of carbonyl (C=O) groups is 4. The van der Waals surface area contributed by atoms with Gasteiger partial charge < -0.3 is 33.8 Å². The number of rotatable bonds is 85. The van der Waals surface area contributed by atoms with Crippen molar-refractivity contribution in [3.05, 3.63) is 0 Å². The highest BCUT2D eigenvalue weighted by Crippen LogP contribution is 2.45. The first-order valence-corrected chi connectivity index (χ1v) is 47.6. The molecule has 0 spiro atoms. The number of ether oxygens (including phenoxy) is 4. The van der Waals surface area contributed by atoms with Crippen LogP contribution in [0.2, 0.25) is 0 Å². The highest BCUT2D eigenvalue weighted by Gasteiger charge is 2.30. The predicted molar refractivity (Wildman–Crippen MR) is 432 cm³/mol. The van der Waals surface area contributed by atoms with E-state index < -0.39 is 97.5 Å². The smallest absolute Gasteiger partial charge is 0.462 e. The summed E-state index contributed by atoms with van der Waals surface area (Å²) in [6.07, 6.45) is 69.4. The van der Waals surface area contributed by atoms with Crippen LogP contribution in [0.25, 0.3) is 0 Å². The molecule has 0 fully saturated rings. The lowest BCUT2D eigenvalue weighted by atomic mass is 9.99. The van der Waals surface area contributed by atoms with Crippen LogP contribution >= 0.6 is 15.6 Å². The van der Waals surface area contributed by atoms with Gasteiger partial charge in [0.25, 0.3) is 0 Å². The lowest BCUT2D eigenvalue weighted by molar-refractivity contribution is -0.161. The number of aliphatic hydroxyl groups excluding tert-OH is 1. The largest absolute Gasteiger partial charge is 0.472 e. The van der Waals surface area contributed by atoms with Crippen molar-refractivity contribution in [2.24, 2.45) is 11.8 Å². The van der Waals surface area contributed by atoms with E-state index in [1.807, 2.05) is 0 Å². The molecular formula is C86H168O17P2. The molecule has 0 aromatic heterocycles. The summed E-state index contributed by atoms with van der Waals surface area (Å²) in [5, 5.41) is 10.7. The highest BCUT2D eigenvalue weighted by molar-refractivity contribution is 7.47. The molecule has 0 aliphatic carbocycles. The van der Waals surface area contributed by atoms with Crippen LogP contribution in [0.5, 0.6) is 0 Å². The fraction of sp³-hybridized carbons (Fsp3) is 0.953. The lowest BCUT2D eigenvalue weighted by Crippen LogP contribution is -2.30. The van der Waals surface area contributed by atoms with Gasteiger partial charge in [-0.05, 0) is 37.5 Å². The zero-order valence-electron chi connectivity index (χ0n) is 69.0. The van der Waals surface area contributed by atoms with Crippen molar-refractivity contribution in [1.29, 1.82) is 0 Å². The van der Waals surface area contributed by atoms with Crippen molar-refractivity contribution in [2.75, 3.05) is 39.6 Å². The van der Waals surface area contributed by atoms with Gasteiger partial charge in [0.1, 0.15) is 19.3 Å². The second-order valence-corrected chi connectivity index (χ2v) is 34.3. The number of phosphoric ester groups is 2. The number of esters is 4. The van der Waals surface area contributed by atoms with Crippen molar-refractivity contribution in [1.82, 2.24) is 0 Å². The molecule has 624 valence electrons. The van der Waals surface area contributed by atoms with Gasteiger partial charge >= 0.3 is 39.5 Å². The zero-order chi connectivity index (χ0) is 77.1. The first kappa shape index (κ1) is 103. The molecule has 105 heavy (non-hydrogen) atoms. The molecule has 7 atom stereocenters. The molecule has 0 radical (unpaired) electrons. The molecule has 0 heterocycles. The van der Waals surface area contributed by atoms with Crippen LogP contribution in [0.15, 0.2) is 0 Å². The molecule has 0 saturated carbocycles. The molecule has 17 nitrogen and oxygen atoms in total. The highest BCUT2D eigenvalue weighted by atomic mass is 31.2. The minimum absolute atomic E-state index is 0.107. The van der Waals surface area contributed by atoms with E-state index in [1.165, 1.54) is 276 Å². The summed E-state index contributed by atoms with van der Waals surface area (Å²) < 4.78 is 68.8. The van der Waals surface area contributed by atoms with E-state index in [9.17, 15) is 43.2 Å². The van der Waals surface area contributed by atoms with Crippen LogP contribution in [-0.4, -0.2) is 96.7 Å². The molecule has 0 aliphatic rings. The SMILES string of the molecule is CCCCCCCCCCCCCC(=O)O[C@H](COC(=O)CCCCCCCCCCCC)COP(=O)(O)OC[C@H](O)COP(=O)(O)OC[C@@H](COC(=O)CCCCCCCCCCCCCCCCCCCCC(C)CC)OC(=O)CCCCCCCCCCCCCCCCCCCCC(C)CC. The molecule has 0 aliphatic heterocycles. The normalized spacial score (nSPS) is 14.3. The third-order valence-corrected chi connectivity index (χ3v) is 22.8. The molecule has 0 amide bonds. The summed E-state index contributed by atoms with van der Waals surface area (Å²) in [5.41, 5.74) is 0. The first-order valence-electron chi connectivity index (χ1n) is 44.6. The summed E-state index contributed by atoms with van der Waals surface area (Å²) in [4.78, 5) is 73.1. The number of aliphatic hydroxyl groups is 1. The first-order chi connectivity index (χ1) is 50.9. The lowest BCUT2D eigenvalue weighted by Gasteiger charge is -2.21. The minimum Gasteiger partial charge on any atom is -0.462 e. The molecule has 0 saturated heterocycles. The van der Waals surface area contributed by atoms with Crippen LogP contribution < -0.4 is 0 Å². The number of phosphoric acid groups is 2. The van der Waals surface area contributed by atoms with Gasteiger partial charge in [0.15, 0.2) is 12.2 Å². The molecule has 19 heteroatoms. The summed E-state index contributed by atoms with van der Waals surface area (Å²) >= 11 is 0. The molecule has 0 aromatic rings. The molecular weight excluding hydrogens is 1370 g/mol. The Morgan fingerprint density at radius 3 is 0.676 bits per heavy atom. The molecule has 4 unspecified atom stereocenters. The standard InChI is InChI=1S/C86H168O17P2/c1-7-11-13-15-17-19-37-46-52-58-64-70-85(90)102-81(74-96-83(88)68-62-56-50-44-20-18-16-14-12-8-2)76-100-104(92,93)98-72-80(87)73-99-105(94,95)101-77-82(103-86(91)71-65-59-53-47-41-36-32-28-24-22-26-30-34-39-43-49-55-61-67-79(6)10-4)75-97-84(89)69-63-57-51-45-40-35-31-27-23-21-25-29-33-38-42-48-54-60-66-78(5)9-3/h78-82,87H,7-77H2,1-6H3,(H,92,93)(H,94,95)/t78?,79?,80-,81+,82+/m0/s1. The van der Waals surface area contributed by atoms with Crippen molar-refractivity contribution >= 4 is 39.5 Å². The van der Waals surface area contributed by atoms with Crippen LogP contribution in [0.3, 0.4) is 0 Å². The van der Waals surface area contributed by atoms with Crippen LogP contribution in [0.4, 0.5) is 0 Å². The van der Waals surface area contributed by atoms with Gasteiger partial charge in [-0.2, -0.15) is 0 Å². The summed E-state index contributed by atoms with van der Waals surface area (Å²) in [6.45, 7) is 9.78. The fourth-order valence-corrected chi connectivity index (χ4v) is 14.9. The quantitative estimate of drug-likeness (QED) is 0.0222.